The Balaban J connectivity index is 2.08. The highest BCUT2D eigenvalue weighted by Gasteiger charge is 2.31. The first-order valence-electron chi connectivity index (χ1n) is 10.1. The maximum atomic E-state index is 13.1. The number of rotatable bonds is 9. The highest BCUT2D eigenvalue weighted by Crippen LogP contribution is 2.22. The molecule has 1 aromatic rings. The third-order valence-electron chi connectivity index (χ3n) is 5.33. The summed E-state index contributed by atoms with van der Waals surface area (Å²) in [5.74, 6) is -0.515. The van der Waals surface area contributed by atoms with Crippen molar-refractivity contribution in [3.63, 3.8) is 0 Å². The lowest BCUT2D eigenvalue weighted by atomic mass is 9.90. The van der Waals surface area contributed by atoms with E-state index in [-0.39, 0.29) is 30.2 Å². The van der Waals surface area contributed by atoms with Gasteiger partial charge in [0.1, 0.15) is 0 Å². The van der Waals surface area contributed by atoms with Gasteiger partial charge in [-0.25, -0.2) is 0 Å². The first-order chi connectivity index (χ1) is 13.3. The lowest BCUT2D eigenvalue weighted by Crippen LogP contribution is -2.55. The zero-order valence-corrected chi connectivity index (χ0v) is 16.7. The zero-order valence-electron chi connectivity index (χ0n) is 16.7. The fourth-order valence-corrected chi connectivity index (χ4v) is 3.75. The Bertz CT molecular complexity index is 638. The number of nitrogens with two attached hydrogens (primary N) is 3. The number of unbranched alkanes of at least 4 members (excludes halogenated alkanes) is 1. The smallest absolute Gasteiger partial charge is 0.226 e. The van der Waals surface area contributed by atoms with Crippen LogP contribution in [0.3, 0.4) is 0 Å². The molecule has 0 spiro atoms. The second kappa shape index (κ2) is 10.7. The van der Waals surface area contributed by atoms with Crippen LogP contribution < -0.4 is 17.2 Å². The molecule has 0 aliphatic carbocycles. The van der Waals surface area contributed by atoms with Crippen LogP contribution in [-0.2, 0) is 4.79 Å². The van der Waals surface area contributed by atoms with E-state index in [9.17, 15) is 14.7 Å². The van der Waals surface area contributed by atoms with Crippen LogP contribution in [0, 0.1) is 5.92 Å². The number of aliphatic hydroxyl groups excluding tert-OH is 1. The summed E-state index contributed by atoms with van der Waals surface area (Å²) in [4.78, 5) is 27.6. The van der Waals surface area contributed by atoms with E-state index in [0.717, 1.165) is 18.4 Å². The molecule has 1 saturated heterocycles. The zero-order chi connectivity index (χ0) is 20.7. The number of Topliss-reactive ketones (excluding diaryl/α,β-unsaturated/α-hetero) is 1. The lowest BCUT2D eigenvalue weighted by Gasteiger charge is -2.36. The number of aliphatic hydroxyl groups is 1. The van der Waals surface area contributed by atoms with Gasteiger partial charge in [0.25, 0.3) is 0 Å². The molecule has 28 heavy (non-hydrogen) atoms. The summed E-state index contributed by atoms with van der Waals surface area (Å²) in [6.45, 7) is 3.21. The van der Waals surface area contributed by atoms with Crippen LogP contribution in [0.15, 0.2) is 24.3 Å². The Hall–Kier alpha value is -1.80. The molecule has 7 heteroatoms. The van der Waals surface area contributed by atoms with Crippen LogP contribution in [0.1, 0.15) is 61.1 Å². The van der Waals surface area contributed by atoms with Gasteiger partial charge in [-0.3, -0.25) is 9.59 Å². The van der Waals surface area contributed by atoms with Crippen LogP contribution >= 0.6 is 0 Å². The first-order valence-corrected chi connectivity index (χ1v) is 10.1. The number of amides is 1. The highest BCUT2D eigenvalue weighted by molar-refractivity contribution is 5.98. The summed E-state index contributed by atoms with van der Waals surface area (Å²) in [5, 5.41) is 9.61. The summed E-state index contributed by atoms with van der Waals surface area (Å²) >= 11 is 0. The van der Waals surface area contributed by atoms with Crippen molar-refractivity contribution in [1.29, 1.82) is 0 Å². The van der Waals surface area contributed by atoms with Crippen LogP contribution in [0.2, 0.25) is 0 Å². The van der Waals surface area contributed by atoms with Gasteiger partial charge >= 0.3 is 0 Å². The largest absolute Gasteiger partial charge is 0.389 e. The van der Waals surface area contributed by atoms with Gasteiger partial charge < -0.3 is 27.2 Å². The van der Waals surface area contributed by atoms with E-state index in [1.165, 1.54) is 0 Å². The number of carbonyl (C=O) groups is 2. The lowest BCUT2D eigenvalue weighted by molar-refractivity contribution is -0.137. The number of nitrogens with zero attached hydrogens (tertiary/aromatic N) is 1. The Morgan fingerprint density at radius 1 is 1.14 bits per heavy atom. The number of likely N-dealkylation sites (tertiary alicyclic amines) is 1. The minimum absolute atomic E-state index is 0.0448. The molecule has 7 nitrogen and oxygen atoms in total. The van der Waals surface area contributed by atoms with Crippen molar-refractivity contribution >= 4 is 11.7 Å². The van der Waals surface area contributed by atoms with Crippen molar-refractivity contribution in [2.75, 3.05) is 19.6 Å². The quantitative estimate of drug-likeness (QED) is 0.366. The summed E-state index contributed by atoms with van der Waals surface area (Å²) in [6, 6.07) is 6.65. The normalized spacial score (nSPS) is 22.0. The Morgan fingerprint density at radius 2 is 1.75 bits per heavy atom. The molecule has 1 fully saturated rings. The minimum atomic E-state index is -0.581. The molecule has 0 aromatic heterocycles. The van der Waals surface area contributed by atoms with E-state index < -0.39 is 12.0 Å². The third kappa shape index (κ3) is 6.38. The summed E-state index contributed by atoms with van der Waals surface area (Å²) < 4.78 is 0. The molecule has 0 saturated carbocycles. The topological polar surface area (TPSA) is 136 Å². The molecule has 2 unspecified atom stereocenters. The number of hydrogen-bond donors (Lipinski definition) is 4. The number of carbonyl (C=O) groups excluding carboxylic acids is 2. The van der Waals surface area contributed by atoms with E-state index in [4.69, 9.17) is 17.2 Å². The summed E-state index contributed by atoms with van der Waals surface area (Å²) in [7, 11) is 0. The first kappa shape index (κ1) is 22.5. The number of benzene rings is 1. The molecule has 156 valence electrons. The van der Waals surface area contributed by atoms with Crippen molar-refractivity contribution < 1.29 is 14.7 Å². The standard InChI is InChI=1S/C21H34N4O3/c1-14(26)15-5-7-16(8-6-15)20(27)10-17(4-2-3-9-22)21(28)25-12-18(23)11-19(24)13-25/h5-8,14,17-19,26H,2-4,9-13,22-24H2,1H3/t14?,17?,18-,19+. The number of ketones is 1. The maximum absolute atomic E-state index is 13.1. The second-order valence-electron chi connectivity index (χ2n) is 7.91. The monoisotopic (exact) mass is 390 g/mol. The van der Waals surface area contributed by atoms with E-state index in [1.807, 2.05) is 0 Å². The summed E-state index contributed by atoms with van der Waals surface area (Å²) in [5.41, 5.74) is 18.9. The Labute approximate surface area is 167 Å². The van der Waals surface area contributed by atoms with Gasteiger partial charge in [0.15, 0.2) is 5.78 Å². The van der Waals surface area contributed by atoms with E-state index in [1.54, 1.807) is 36.1 Å². The van der Waals surface area contributed by atoms with E-state index in [2.05, 4.69) is 0 Å². The number of piperidine rings is 1. The fourth-order valence-electron chi connectivity index (χ4n) is 3.75. The van der Waals surface area contributed by atoms with Gasteiger partial charge in [-0.1, -0.05) is 30.7 Å². The Morgan fingerprint density at radius 3 is 2.29 bits per heavy atom. The molecular weight excluding hydrogens is 356 g/mol. The minimum Gasteiger partial charge on any atom is -0.389 e. The summed E-state index contributed by atoms with van der Waals surface area (Å²) in [6.07, 6.45) is 2.51. The molecule has 0 bridgehead atoms. The molecule has 0 radical (unpaired) electrons. The van der Waals surface area contributed by atoms with Gasteiger partial charge in [0, 0.05) is 43.1 Å². The second-order valence-corrected chi connectivity index (χ2v) is 7.91. The Kier molecular flexibility index (Phi) is 8.57. The predicted molar refractivity (Wildman–Crippen MR) is 110 cm³/mol. The third-order valence-corrected chi connectivity index (χ3v) is 5.33. The molecule has 2 rings (SSSR count). The van der Waals surface area contributed by atoms with Crippen LogP contribution in [0.4, 0.5) is 0 Å². The van der Waals surface area contributed by atoms with Crippen LogP contribution in [0.25, 0.3) is 0 Å². The molecule has 1 amide bonds. The predicted octanol–water partition coefficient (Wildman–Crippen LogP) is 0.945. The van der Waals surface area contributed by atoms with Crippen LogP contribution in [-0.4, -0.2) is 53.4 Å². The van der Waals surface area contributed by atoms with Crippen LogP contribution in [0.5, 0.6) is 0 Å². The van der Waals surface area contributed by atoms with Gasteiger partial charge in [0.2, 0.25) is 5.91 Å². The number of hydrogen-bond acceptors (Lipinski definition) is 6. The average Bonchev–Trinajstić information content (AvgIpc) is 2.66. The molecule has 1 aromatic carbocycles. The molecule has 7 N–H and O–H groups in total. The highest BCUT2D eigenvalue weighted by atomic mass is 16.3. The SMILES string of the molecule is CC(O)c1ccc(C(=O)CC(CCCCN)C(=O)N2C[C@H](N)C[C@H](N)C2)cc1. The van der Waals surface area contributed by atoms with E-state index >= 15 is 0 Å². The van der Waals surface area contributed by atoms with Crippen molar-refractivity contribution in [3.8, 4) is 0 Å². The molecular formula is C21H34N4O3. The molecule has 4 atom stereocenters. The van der Waals surface area contributed by atoms with Gasteiger partial charge in [-0.15, -0.1) is 0 Å². The average molecular weight is 391 g/mol. The van der Waals surface area contributed by atoms with Crippen molar-refractivity contribution in [3.05, 3.63) is 35.4 Å². The van der Waals surface area contributed by atoms with Crippen molar-refractivity contribution in [2.24, 2.45) is 23.1 Å². The molecule has 1 aliphatic heterocycles. The molecule has 1 heterocycles. The van der Waals surface area contributed by atoms with Crippen molar-refractivity contribution in [2.45, 2.75) is 57.2 Å². The van der Waals surface area contributed by atoms with Gasteiger partial charge in [-0.2, -0.15) is 0 Å². The van der Waals surface area contributed by atoms with Crippen molar-refractivity contribution in [1.82, 2.24) is 4.90 Å². The molecule has 1 aliphatic rings. The van der Waals surface area contributed by atoms with Gasteiger partial charge in [0.05, 0.1) is 6.10 Å². The maximum Gasteiger partial charge on any atom is 0.226 e. The fraction of sp³-hybridized carbons (Fsp3) is 0.619. The van der Waals surface area contributed by atoms with Gasteiger partial charge in [-0.05, 0) is 38.3 Å². The van der Waals surface area contributed by atoms with E-state index in [0.29, 0.717) is 38.0 Å².